The molecule has 2 fully saturated rings. The molecule has 0 atom stereocenters. The molecule has 9 nitrogen and oxygen atoms in total. The van der Waals surface area contributed by atoms with Crippen molar-refractivity contribution < 1.29 is 28.7 Å². The van der Waals surface area contributed by atoms with Crippen LogP contribution in [0, 0.1) is 0 Å². The molecule has 4 rings (SSSR count). The summed E-state index contributed by atoms with van der Waals surface area (Å²) in [6.45, 7) is 1.21. The molecule has 2 saturated heterocycles. The third kappa shape index (κ3) is 6.41. The molecule has 0 spiro atoms. The van der Waals surface area contributed by atoms with Crippen LogP contribution >= 0.6 is 23.4 Å². The van der Waals surface area contributed by atoms with Gasteiger partial charge in [-0.3, -0.25) is 24.1 Å². The van der Waals surface area contributed by atoms with Gasteiger partial charge in [0.15, 0.2) is 6.61 Å². The summed E-state index contributed by atoms with van der Waals surface area (Å²) >= 11 is 7.06. The molecule has 0 bridgehead atoms. The molecular weight excluding hydrogens is 494 g/mol. The second-order valence-electron chi connectivity index (χ2n) is 7.65. The van der Waals surface area contributed by atoms with Gasteiger partial charge in [0.2, 0.25) is 5.91 Å². The van der Waals surface area contributed by atoms with Crippen molar-refractivity contribution in [2.75, 3.05) is 44.8 Å². The molecule has 4 amide bonds. The summed E-state index contributed by atoms with van der Waals surface area (Å²) < 4.78 is 10.7. The van der Waals surface area contributed by atoms with Gasteiger partial charge in [-0.2, -0.15) is 0 Å². The Balaban J connectivity index is 1.35. The summed E-state index contributed by atoms with van der Waals surface area (Å²) in [7, 11) is 0. The van der Waals surface area contributed by atoms with Gasteiger partial charge < -0.3 is 19.7 Å². The number of carbonyl (C=O) groups excluding carboxylic acids is 4. The summed E-state index contributed by atoms with van der Waals surface area (Å²) in [6.07, 6.45) is 1.53. The van der Waals surface area contributed by atoms with Crippen LogP contribution in [0.4, 0.5) is 10.5 Å². The molecule has 1 N–H and O–H groups in total. The smallest absolute Gasteiger partial charge is 0.294 e. The fourth-order valence-corrected chi connectivity index (χ4v) is 4.50. The van der Waals surface area contributed by atoms with E-state index in [9.17, 15) is 19.2 Å². The van der Waals surface area contributed by atoms with E-state index in [-0.39, 0.29) is 34.9 Å². The first-order valence-corrected chi connectivity index (χ1v) is 12.0. The fourth-order valence-electron chi connectivity index (χ4n) is 3.42. The monoisotopic (exact) mass is 515 g/mol. The zero-order valence-corrected chi connectivity index (χ0v) is 20.1. The maximum atomic E-state index is 12.7. The maximum absolute atomic E-state index is 12.7. The molecular formula is C24H22ClN3O6S. The van der Waals surface area contributed by atoms with Crippen molar-refractivity contribution in [3.8, 4) is 5.75 Å². The van der Waals surface area contributed by atoms with E-state index in [1.807, 2.05) is 18.2 Å². The van der Waals surface area contributed by atoms with Gasteiger partial charge >= 0.3 is 0 Å². The molecule has 182 valence electrons. The second-order valence-corrected chi connectivity index (χ2v) is 9.05. The number of imide groups is 1. The van der Waals surface area contributed by atoms with E-state index in [1.165, 1.54) is 6.08 Å². The number of thioether (sulfide) groups is 1. The van der Waals surface area contributed by atoms with Crippen molar-refractivity contribution in [2.45, 2.75) is 0 Å². The lowest BCUT2D eigenvalue weighted by Crippen LogP contribution is -2.46. The summed E-state index contributed by atoms with van der Waals surface area (Å²) in [5.74, 6) is -0.860. The molecule has 2 heterocycles. The van der Waals surface area contributed by atoms with Crippen LogP contribution in [0.2, 0.25) is 5.02 Å². The van der Waals surface area contributed by atoms with E-state index in [0.717, 1.165) is 16.7 Å². The molecule has 2 aromatic carbocycles. The Morgan fingerprint density at radius 3 is 2.57 bits per heavy atom. The van der Waals surface area contributed by atoms with Crippen LogP contribution in [-0.2, 0) is 19.1 Å². The molecule has 35 heavy (non-hydrogen) atoms. The van der Waals surface area contributed by atoms with Crippen molar-refractivity contribution in [3.05, 3.63) is 64.0 Å². The van der Waals surface area contributed by atoms with E-state index in [1.54, 1.807) is 35.2 Å². The lowest BCUT2D eigenvalue weighted by molar-refractivity contribution is -0.139. The number of halogens is 1. The SMILES string of the molecule is O=C(COc1ccc(/C=C2\SC(=O)N(CC(=O)N3CCOCC3)C2=O)cc1Cl)Nc1ccccc1. The Morgan fingerprint density at radius 2 is 1.86 bits per heavy atom. The molecule has 0 radical (unpaired) electrons. The Labute approximate surface area is 211 Å². The summed E-state index contributed by atoms with van der Waals surface area (Å²) in [6, 6.07) is 13.8. The number of benzene rings is 2. The molecule has 0 aromatic heterocycles. The van der Waals surface area contributed by atoms with Crippen molar-refractivity contribution in [3.63, 3.8) is 0 Å². The standard InChI is InChI=1S/C24H22ClN3O6S/c25-18-12-16(6-7-19(18)34-15-21(29)26-17-4-2-1-3-5-17)13-20-23(31)28(24(32)35-20)14-22(30)27-8-10-33-11-9-27/h1-7,12-13H,8-11,14-15H2,(H,26,29)/b20-13-. The Hall–Kier alpha value is -3.34. The van der Waals surface area contributed by atoms with Gasteiger partial charge in [-0.25, -0.2) is 0 Å². The number of carbonyl (C=O) groups is 4. The van der Waals surface area contributed by atoms with Gasteiger partial charge in [0.05, 0.1) is 23.1 Å². The first-order valence-electron chi connectivity index (χ1n) is 10.8. The van der Waals surface area contributed by atoms with Crippen molar-refractivity contribution >= 4 is 58.1 Å². The third-order valence-corrected chi connectivity index (χ3v) is 6.40. The highest BCUT2D eigenvalue weighted by molar-refractivity contribution is 8.18. The summed E-state index contributed by atoms with van der Waals surface area (Å²) in [4.78, 5) is 52.3. The topological polar surface area (TPSA) is 105 Å². The zero-order chi connectivity index (χ0) is 24.8. The van der Waals surface area contributed by atoms with Crippen molar-refractivity contribution in [2.24, 2.45) is 0 Å². The number of amides is 4. The maximum Gasteiger partial charge on any atom is 0.294 e. The molecule has 2 aliphatic heterocycles. The predicted octanol–water partition coefficient (Wildman–Crippen LogP) is 3.25. The Bertz CT molecular complexity index is 1170. The zero-order valence-electron chi connectivity index (χ0n) is 18.6. The fraction of sp³-hybridized carbons (Fsp3) is 0.250. The Morgan fingerprint density at radius 1 is 1.11 bits per heavy atom. The van der Waals surface area contributed by atoms with Gasteiger partial charge in [-0.1, -0.05) is 35.9 Å². The number of hydrogen-bond donors (Lipinski definition) is 1. The Kier molecular flexibility index (Phi) is 8.06. The highest BCUT2D eigenvalue weighted by Gasteiger charge is 2.37. The van der Waals surface area contributed by atoms with Gasteiger partial charge in [-0.15, -0.1) is 0 Å². The number of nitrogens with one attached hydrogen (secondary N) is 1. The highest BCUT2D eigenvalue weighted by Crippen LogP contribution is 2.33. The highest BCUT2D eigenvalue weighted by atomic mass is 35.5. The molecule has 0 unspecified atom stereocenters. The predicted molar refractivity (Wildman–Crippen MR) is 132 cm³/mol. The lowest BCUT2D eigenvalue weighted by Gasteiger charge is -2.28. The first kappa shape index (κ1) is 24.8. The van der Waals surface area contributed by atoms with Crippen LogP contribution in [-0.4, -0.2) is 72.2 Å². The van der Waals surface area contributed by atoms with E-state index in [4.69, 9.17) is 21.1 Å². The van der Waals surface area contributed by atoms with Crippen LogP contribution in [0.1, 0.15) is 5.56 Å². The summed E-state index contributed by atoms with van der Waals surface area (Å²) in [5, 5.41) is 2.45. The van der Waals surface area contributed by atoms with Crippen LogP contribution < -0.4 is 10.1 Å². The number of ether oxygens (including phenoxy) is 2. The normalized spacial score (nSPS) is 17.1. The van der Waals surface area contributed by atoms with Gasteiger partial charge in [0.25, 0.3) is 17.1 Å². The minimum Gasteiger partial charge on any atom is -0.482 e. The minimum absolute atomic E-state index is 0.191. The number of nitrogens with zero attached hydrogens (tertiary/aromatic N) is 2. The van der Waals surface area contributed by atoms with Gasteiger partial charge in [-0.05, 0) is 47.7 Å². The molecule has 0 saturated carbocycles. The third-order valence-electron chi connectivity index (χ3n) is 5.20. The van der Waals surface area contributed by atoms with E-state index in [2.05, 4.69) is 5.32 Å². The lowest BCUT2D eigenvalue weighted by atomic mass is 10.2. The van der Waals surface area contributed by atoms with E-state index in [0.29, 0.717) is 43.3 Å². The first-order chi connectivity index (χ1) is 16.9. The number of para-hydroxylation sites is 1. The van der Waals surface area contributed by atoms with Crippen molar-refractivity contribution in [1.82, 2.24) is 9.80 Å². The van der Waals surface area contributed by atoms with E-state index < -0.39 is 11.1 Å². The number of rotatable bonds is 7. The molecule has 2 aliphatic rings. The van der Waals surface area contributed by atoms with Crippen LogP contribution in [0.5, 0.6) is 5.75 Å². The quantitative estimate of drug-likeness (QED) is 0.564. The van der Waals surface area contributed by atoms with Gasteiger partial charge in [0.1, 0.15) is 12.3 Å². The summed E-state index contributed by atoms with van der Waals surface area (Å²) in [5.41, 5.74) is 1.23. The van der Waals surface area contributed by atoms with E-state index >= 15 is 0 Å². The van der Waals surface area contributed by atoms with Crippen LogP contribution in [0.15, 0.2) is 53.4 Å². The molecule has 11 heteroatoms. The second kappa shape index (κ2) is 11.4. The van der Waals surface area contributed by atoms with Gasteiger partial charge in [0, 0.05) is 18.8 Å². The average molecular weight is 516 g/mol. The largest absolute Gasteiger partial charge is 0.482 e. The minimum atomic E-state index is -0.532. The van der Waals surface area contributed by atoms with Crippen molar-refractivity contribution in [1.29, 1.82) is 0 Å². The molecule has 2 aromatic rings. The van der Waals surface area contributed by atoms with Crippen LogP contribution in [0.3, 0.4) is 0 Å². The number of morpholine rings is 1. The average Bonchev–Trinajstić information content (AvgIpc) is 3.12. The number of anilines is 1. The van der Waals surface area contributed by atoms with Crippen LogP contribution in [0.25, 0.3) is 6.08 Å². The molecule has 0 aliphatic carbocycles. The number of hydrogen-bond acceptors (Lipinski definition) is 7.